The summed E-state index contributed by atoms with van der Waals surface area (Å²) in [4.78, 5) is 0. The third-order valence-electron chi connectivity index (χ3n) is 2.13. The van der Waals surface area contributed by atoms with E-state index in [1.165, 1.54) is 12.1 Å². The summed E-state index contributed by atoms with van der Waals surface area (Å²) in [6.45, 7) is 2.71. The molecule has 0 N–H and O–H groups in total. The first-order chi connectivity index (χ1) is 7.24. The highest BCUT2D eigenvalue weighted by molar-refractivity contribution is 5.29. The molecule has 84 valence electrons. The Balaban J connectivity index is 2.43. The zero-order valence-corrected chi connectivity index (χ0v) is 8.88. The molecule has 0 bridgehead atoms. The van der Waals surface area contributed by atoms with Crippen molar-refractivity contribution in [2.75, 3.05) is 6.61 Å². The fourth-order valence-corrected chi connectivity index (χ4v) is 1.28. The van der Waals surface area contributed by atoms with Crippen LogP contribution in [0.1, 0.15) is 38.2 Å². The van der Waals surface area contributed by atoms with Gasteiger partial charge in [0, 0.05) is 5.56 Å². The molecule has 0 aliphatic carbocycles. The highest BCUT2D eigenvalue weighted by atomic mass is 19.3. The van der Waals surface area contributed by atoms with E-state index < -0.39 is 6.43 Å². The lowest BCUT2D eigenvalue weighted by Crippen LogP contribution is -1.97. The van der Waals surface area contributed by atoms with Crippen LogP contribution < -0.4 is 4.74 Å². The molecule has 1 aromatic carbocycles. The van der Waals surface area contributed by atoms with Crippen molar-refractivity contribution in [3.8, 4) is 5.75 Å². The number of halogens is 2. The predicted octanol–water partition coefficient (Wildman–Crippen LogP) is 4.19. The van der Waals surface area contributed by atoms with E-state index in [-0.39, 0.29) is 5.56 Å². The minimum atomic E-state index is -2.43. The maximum Gasteiger partial charge on any atom is 0.263 e. The number of rotatable bonds is 6. The van der Waals surface area contributed by atoms with Crippen LogP contribution in [0.3, 0.4) is 0 Å². The molecule has 0 fully saturated rings. The van der Waals surface area contributed by atoms with Gasteiger partial charge < -0.3 is 4.74 Å². The van der Waals surface area contributed by atoms with Crippen LogP contribution in [0.4, 0.5) is 8.78 Å². The first kappa shape index (κ1) is 12.0. The van der Waals surface area contributed by atoms with Crippen LogP contribution in [0.2, 0.25) is 0 Å². The Morgan fingerprint density at radius 1 is 1.27 bits per heavy atom. The largest absolute Gasteiger partial charge is 0.494 e. The van der Waals surface area contributed by atoms with Crippen LogP contribution in [0.15, 0.2) is 24.3 Å². The molecule has 0 unspecified atom stereocenters. The molecule has 0 aliphatic heterocycles. The molecule has 1 rings (SSSR count). The average molecular weight is 214 g/mol. The third kappa shape index (κ3) is 4.28. The van der Waals surface area contributed by atoms with Crippen molar-refractivity contribution in [1.29, 1.82) is 0 Å². The summed E-state index contributed by atoms with van der Waals surface area (Å²) in [6, 6.07) is 6.11. The lowest BCUT2D eigenvalue weighted by atomic mass is 10.2. The minimum absolute atomic E-state index is 0.0167. The van der Waals surface area contributed by atoms with Gasteiger partial charge in [-0.1, -0.05) is 31.9 Å². The molecule has 0 aliphatic rings. The SMILES string of the molecule is CCCCCOc1cccc(C(F)F)c1. The van der Waals surface area contributed by atoms with Gasteiger partial charge in [0.2, 0.25) is 0 Å². The average Bonchev–Trinajstić information content (AvgIpc) is 2.25. The van der Waals surface area contributed by atoms with E-state index in [2.05, 4.69) is 6.92 Å². The zero-order chi connectivity index (χ0) is 11.1. The smallest absolute Gasteiger partial charge is 0.263 e. The van der Waals surface area contributed by atoms with E-state index in [4.69, 9.17) is 4.74 Å². The molecule has 0 atom stereocenters. The van der Waals surface area contributed by atoms with E-state index in [0.29, 0.717) is 12.4 Å². The lowest BCUT2D eigenvalue weighted by Gasteiger charge is -2.07. The van der Waals surface area contributed by atoms with Crippen molar-refractivity contribution in [2.24, 2.45) is 0 Å². The van der Waals surface area contributed by atoms with Crippen molar-refractivity contribution in [2.45, 2.75) is 32.6 Å². The first-order valence-corrected chi connectivity index (χ1v) is 5.25. The number of unbranched alkanes of at least 4 members (excludes halogenated alkanes) is 2. The third-order valence-corrected chi connectivity index (χ3v) is 2.13. The number of benzene rings is 1. The van der Waals surface area contributed by atoms with Gasteiger partial charge in [0.25, 0.3) is 6.43 Å². The van der Waals surface area contributed by atoms with Gasteiger partial charge in [-0.3, -0.25) is 0 Å². The molecule has 0 heterocycles. The molecule has 1 aromatic rings. The van der Waals surface area contributed by atoms with E-state index >= 15 is 0 Å². The summed E-state index contributed by atoms with van der Waals surface area (Å²) in [5.41, 5.74) is 0.0167. The summed E-state index contributed by atoms with van der Waals surface area (Å²) in [7, 11) is 0. The molecular weight excluding hydrogens is 198 g/mol. The molecule has 0 saturated carbocycles. The lowest BCUT2D eigenvalue weighted by molar-refractivity contribution is 0.151. The van der Waals surface area contributed by atoms with Crippen molar-refractivity contribution < 1.29 is 13.5 Å². The van der Waals surface area contributed by atoms with Gasteiger partial charge in [0.05, 0.1) is 6.61 Å². The monoisotopic (exact) mass is 214 g/mol. The Morgan fingerprint density at radius 3 is 2.73 bits per heavy atom. The Kier molecular flexibility index (Phi) is 5.08. The van der Waals surface area contributed by atoms with Gasteiger partial charge in [0.15, 0.2) is 0 Å². The second-order valence-corrected chi connectivity index (χ2v) is 3.43. The van der Waals surface area contributed by atoms with Crippen LogP contribution in [-0.2, 0) is 0 Å². The molecule has 15 heavy (non-hydrogen) atoms. The minimum Gasteiger partial charge on any atom is -0.494 e. The fraction of sp³-hybridized carbons (Fsp3) is 0.500. The first-order valence-electron chi connectivity index (χ1n) is 5.25. The summed E-state index contributed by atoms with van der Waals surface area (Å²) < 4.78 is 30.0. The molecule has 0 spiro atoms. The standard InChI is InChI=1S/C12H16F2O/c1-2-3-4-8-15-11-7-5-6-10(9-11)12(13)14/h5-7,9,12H,2-4,8H2,1H3. The zero-order valence-electron chi connectivity index (χ0n) is 8.88. The van der Waals surface area contributed by atoms with Gasteiger partial charge in [-0.2, -0.15) is 0 Å². The topological polar surface area (TPSA) is 9.23 Å². The summed E-state index contributed by atoms with van der Waals surface area (Å²) in [5.74, 6) is 0.531. The van der Waals surface area contributed by atoms with Crippen LogP contribution in [-0.4, -0.2) is 6.61 Å². The molecule has 1 nitrogen and oxygen atoms in total. The van der Waals surface area contributed by atoms with E-state index in [1.54, 1.807) is 12.1 Å². The van der Waals surface area contributed by atoms with Gasteiger partial charge in [-0.15, -0.1) is 0 Å². The number of ether oxygens (including phenoxy) is 1. The molecule has 0 amide bonds. The fourth-order valence-electron chi connectivity index (χ4n) is 1.28. The van der Waals surface area contributed by atoms with E-state index in [1.807, 2.05) is 0 Å². The van der Waals surface area contributed by atoms with E-state index in [0.717, 1.165) is 19.3 Å². The van der Waals surface area contributed by atoms with Crippen LogP contribution >= 0.6 is 0 Å². The van der Waals surface area contributed by atoms with Crippen LogP contribution in [0, 0.1) is 0 Å². The van der Waals surface area contributed by atoms with Crippen molar-refractivity contribution in [1.82, 2.24) is 0 Å². The van der Waals surface area contributed by atoms with Crippen molar-refractivity contribution in [3.05, 3.63) is 29.8 Å². The Bertz CT molecular complexity index is 287. The number of hydrogen-bond donors (Lipinski definition) is 0. The number of alkyl halides is 2. The van der Waals surface area contributed by atoms with Gasteiger partial charge >= 0.3 is 0 Å². The molecule has 3 heteroatoms. The number of hydrogen-bond acceptors (Lipinski definition) is 1. The second kappa shape index (κ2) is 6.38. The van der Waals surface area contributed by atoms with Gasteiger partial charge in [-0.25, -0.2) is 8.78 Å². The van der Waals surface area contributed by atoms with Crippen LogP contribution in [0.25, 0.3) is 0 Å². The highest BCUT2D eigenvalue weighted by Crippen LogP contribution is 2.22. The van der Waals surface area contributed by atoms with Crippen molar-refractivity contribution >= 4 is 0 Å². The van der Waals surface area contributed by atoms with E-state index in [9.17, 15) is 8.78 Å². The quantitative estimate of drug-likeness (QED) is 0.645. The maximum absolute atomic E-state index is 12.3. The summed E-state index contributed by atoms with van der Waals surface area (Å²) >= 11 is 0. The molecule has 0 aromatic heterocycles. The Labute approximate surface area is 89.1 Å². The summed E-state index contributed by atoms with van der Waals surface area (Å²) in [6.07, 6.45) is 0.772. The molecule has 0 radical (unpaired) electrons. The van der Waals surface area contributed by atoms with Crippen LogP contribution in [0.5, 0.6) is 5.75 Å². The summed E-state index contributed by atoms with van der Waals surface area (Å²) in [5, 5.41) is 0. The highest BCUT2D eigenvalue weighted by Gasteiger charge is 2.06. The van der Waals surface area contributed by atoms with Crippen molar-refractivity contribution in [3.63, 3.8) is 0 Å². The van der Waals surface area contributed by atoms with Gasteiger partial charge in [-0.05, 0) is 18.6 Å². The Morgan fingerprint density at radius 2 is 2.07 bits per heavy atom. The molecule has 0 saturated heterocycles. The normalized spacial score (nSPS) is 10.7. The maximum atomic E-state index is 12.3. The molecular formula is C12H16F2O. The predicted molar refractivity (Wildman–Crippen MR) is 56.4 cm³/mol. The van der Waals surface area contributed by atoms with Gasteiger partial charge in [0.1, 0.15) is 5.75 Å². The second-order valence-electron chi connectivity index (χ2n) is 3.43. The Hall–Kier alpha value is -1.12.